The Balaban J connectivity index is 1.76. The predicted octanol–water partition coefficient (Wildman–Crippen LogP) is 3.69. The quantitative estimate of drug-likeness (QED) is 0.320. The smallest absolute Gasteiger partial charge is 0.192 e. The molecule has 1 fully saturated rings. The molecule has 2 aromatic rings. The molecule has 1 aliphatic rings. The Morgan fingerprint density at radius 3 is 2.85 bits per heavy atom. The van der Waals surface area contributed by atoms with Crippen molar-refractivity contribution in [1.29, 1.82) is 0 Å². The highest BCUT2D eigenvalue weighted by molar-refractivity contribution is 6.76. The Bertz CT molecular complexity index is 810. The SMILES string of the molecule is C[Si](C)(C)CCOCn1ccc2c(C(=O)C3CCCCC3=O)ncnc21. The summed E-state index contributed by atoms with van der Waals surface area (Å²) >= 11 is 0. The molecule has 1 unspecified atom stereocenters. The van der Waals surface area contributed by atoms with E-state index in [1.54, 1.807) is 0 Å². The number of Topliss-reactive ketones (excluding diaryl/α,β-unsaturated/α-hetero) is 2. The van der Waals surface area contributed by atoms with Crippen LogP contribution in [0.3, 0.4) is 0 Å². The third-order valence-corrected chi connectivity index (χ3v) is 6.59. The Hall–Kier alpha value is -1.86. The number of ether oxygens (including phenoxy) is 1. The molecule has 1 aliphatic carbocycles. The van der Waals surface area contributed by atoms with E-state index in [2.05, 4.69) is 29.6 Å². The predicted molar refractivity (Wildman–Crippen MR) is 103 cm³/mol. The molecule has 2 heterocycles. The van der Waals surface area contributed by atoms with Gasteiger partial charge in [0.05, 0.1) is 5.92 Å². The van der Waals surface area contributed by atoms with E-state index in [9.17, 15) is 9.59 Å². The van der Waals surface area contributed by atoms with Gasteiger partial charge in [-0.15, -0.1) is 0 Å². The number of aromatic nitrogens is 3. The Labute approximate surface area is 155 Å². The minimum Gasteiger partial charge on any atom is -0.361 e. The molecule has 0 saturated heterocycles. The molecule has 0 N–H and O–H groups in total. The van der Waals surface area contributed by atoms with Gasteiger partial charge in [0.25, 0.3) is 0 Å². The summed E-state index contributed by atoms with van der Waals surface area (Å²) in [5, 5.41) is 0.699. The van der Waals surface area contributed by atoms with Crippen molar-refractivity contribution in [1.82, 2.24) is 14.5 Å². The second-order valence-corrected chi connectivity index (χ2v) is 13.8. The first-order chi connectivity index (χ1) is 12.4. The fraction of sp³-hybridized carbons (Fsp3) is 0.579. The van der Waals surface area contributed by atoms with Gasteiger partial charge in [0.2, 0.25) is 0 Å². The minimum absolute atomic E-state index is 0.0436. The molecule has 0 spiro atoms. The maximum absolute atomic E-state index is 12.9. The van der Waals surface area contributed by atoms with E-state index in [1.165, 1.54) is 6.33 Å². The summed E-state index contributed by atoms with van der Waals surface area (Å²) in [7, 11) is -1.12. The van der Waals surface area contributed by atoms with Crippen molar-refractivity contribution in [3.63, 3.8) is 0 Å². The molecule has 2 aromatic heterocycles. The van der Waals surface area contributed by atoms with Crippen molar-refractivity contribution in [3.8, 4) is 0 Å². The van der Waals surface area contributed by atoms with Crippen LogP contribution in [0.15, 0.2) is 18.6 Å². The number of fused-ring (bicyclic) bond motifs is 1. The average Bonchev–Trinajstić information content (AvgIpc) is 3.01. The molecule has 26 heavy (non-hydrogen) atoms. The summed E-state index contributed by atoms with van der Waals surface area (Å²) in [6.07, 6.45) is 6.20. The van der Waals surface area contributed by atoms with Crippen LogP contribution in [0.2, 0.25) is 25.7 Å². The number of carbonyl (C=O) groups is 2. The summed E-state index contributed by atoms with van der Waals surface area (Å²) < 4.78 is 7.68. The maximum Gasteiger partial charge on any atom is 0.192 e. The third kappa shape index (κ3) is 4.27. The van der Waals surface area contributed by atoms with Crippen molar-refractivity contribution in [3.05, 3.63) is 24.3 Å². The molecule has 0 aromatic carbocycles. The lowest BCUT2D eigenvalue weighted by Crippen LogP contribution is -2.28. The van der Waals surface area contributed by atoms with Crippen molar-refractivity contribution in [2.45, 2.75) is 58.1 Å². The van der Waals surface area contributed by atoms with Crippen LogP contribution in [-0.2, 0) is 16.3 Å². The van der Waals surface area contributed by atoms with Gasteiger partial charge in [-0.2, -0.15) is 0 Å². The molecule has 6 nitrogen and oxygen atoms in total. The van der Waals surface area contributed by atoms with E-state index >= 15 is 0 Å². The van der Waals surface area contributed by atoms with E-state index < -0.39 is 14.0 Å². The number of ketones is 2. The largest absolute Gasteiger partial charge is 0.361 e. The van der Waals surface area contributed by atoms with Gasteiger partial charge in [-0.25, -0.2) is 9.97 Å². The van der Waals surface area contributed by atoms with Gasteiger partial charge in [-0.05, 0) is 25.0 Å². The molecule has 0 aliphatic heterocycles. The van der Waals surface area contributed by atoms with Gasteiger partial charge in [0.15, 0.2) is 5.78 Å². The van der Waals surface area contributed by atoms with E-state index in [1.807, 2.05) is 16.8 Å². The summed E-state index contributed by atoms with van der Waals surface area (Å²) in [4.78, 5) is 33.5. The number of nitrogens with zero attached hydrogens (tertiary/aromatic N) is 3. The zero-order valence-corrected chi connectivity index (χ0v) is 16.8. The van der Waals surface area contributed by atoms with Crippen LogP contribution >= 0.6 is 0 Å². The zero-order valence-electron chi connectivity index (χ0n) is 15.8. The van der Waals surface area contributed by atoms with Gasteiger partial charge in [-0.3, -0.25) is 9.59 Å². The molecule has 7 heteroatoms. The van der Waals surface area contributed by atoms with Gasteiger partial charge in [0, 0.05) is 32.7 Å². The molecular weight excluding hydrogens is 346 g/mol. The molecule has 0 radical (unpaired) electrons. The number of hydrogen-bond donors (Lipinski definition) is 0. The fourth-order valence-electron chi connectivity index (χ4n) is 3.27. The Kier molecular flexibility index (Phi) is 5.67. The van der Waals surface area contributed by atoms with Crippen LogP contribution in [-0.4, -0.2) is 40.8 Å². The lowest BCUT2D eigenvalue weighted by molar-refractivity contribution is -0.122. The normalized spacial score (nSPS) is 18.4. The highest BCUT2D eigenvalue weighted by atomic mass is 28.3. The minimum atomic E-state index is -1.12. The molecule has 3 rings (SSSR count). The summed E-state index contributed by atoms with van der Waals surface area (Å²) in [6, 6.07) is 2.95. The standard InChI is InChI=1S/C19H27N3O3Si/c1-26(2,3)11-10-25-13-22-9-8-15-17(20-12-21-19(15)22)18(24)14-6-4-5-7-16(14)23/h8-9,12,14H,4-7,10-11,13H2,1-3H3. The summed E-state index contributed by atoms with van der Waals surface area (Å²) in [6.45, 7) is 8.08. The second kappa shape index (κ2) is 7.80. The molecule has 0 bridgehead atoms. The van der Waals surface area contributed by atoms with Crippen LogP contribution in [0.25, 0.3) is 11.0 Å². The first-order valence-electron chi connectivity index (χ1n) is 9.31. The summed E-state index contributed by atoms with van der Waals surface area (Å²) in [5.41, 5.74) is 1.04. The molecule has 140 valence electrons. The summed E-state index contributed by atoms with van der Waals surface area (Å²) in [5.74, 6) is -0.667. The number of hydrogen-bond acceptors (Lipinski definition) is 5. The highest BCUT2D eigenvalue weighted by Gasteiger charge is 2.31. The van der Waals surface area contributed by atoms with Crippen LogP contribution in [0.4, 0.5) is 0 Å². The highest BCUT2D eigenvalue weighted by Crippen LogP contribution is 2.26. The number of rotatable bonds is 7. The first-order valence-corrected chi connectivity index (χ1v) is 13.0. The fourth-order valence-corrected chi connectivity index (χ4v) is 4.03. The van der Waals surface area contributed by atoms with Crippen LogP contribution in [0.1, 0.15) is 36.2 Å². The van der Waals surface area contributed by atoms with Gasteiger partial charge in [0.1, 0.15) is 30.2 Å². The Morgan fingerprint density at radius 2 is 2.12 bits per heavy atom. The van der Waals surface area contributed by atoms with E-state index in [-0.39, 0.29) is 11.6 Å². The average molecular weight is 374 g/mol. The number of carbonyl (C=O) groups excluding carboxylic acids is 2. The van der Waals surface area contributed by atoms with Crippen molar-refractivity contribution in [2.24, 2.45) is 5.92 Å². The van der Waals surface area contributed by atoms with Crippen LogP contribution in [0.5, 0.6) is 0 Å². The van der Waals surface area contributed by atoms with Crippen molar-refractivity contribution < 1.29 is 14.3 Å². The van der Waals surface area contributed by atoms with Gasteiger partial charge < -0.3 is 9.30 Å². The lowest BCUT2D eigenvalue weighted by Gasteiger charge is -2.19. The van der Waals surface area contributed by atoms with E-state index in [0.29, 0.717) is 36.3 Å². The topological polar surface area (TPSA) is 74.1 Å². The third-order valence-electron chi connectivity index (χ3n) is 4.89. The molecule has 1 saturated carbocycles. The molecule has 1 atom stereocenters. The van der Waals surface area contributed by atoms with E-state index in [0.717, 1.165) is 25.5 Å². The first kappa shape index (κ1) is 18.9. The lowest BCUT2D eigenvalue weighted by atomic mass is 9.83. The van der Waals surface area contributed by atoms with Gasteiger partial charge >= 0.3 is 0 Å². The van der Waals surface area contributed by atoms with Crippen LogP contribution in [0, 0.1) is 5.92 Å². The van der Waals surface area contributed by atoms with Crippen molar-refractivity contribution >= 4 is 30.7 Å². The second-order valence-electron chi connectivity index (χ2n) is 8.22. The molecular formula is C19H27N3O3Si. The maximum atomic E-state index is 12.9. The molecule has 0 amide bonds. The zero-order chi connectivity index (χ0) is 18.7. The van der Waals surface area contributed by atoms with Crippen LogP contribution < -0.4 is 0 Å². The van der Waals surface area contributed by atoms with Crippen molar-refractivity contribution in [2.75, 3.05) is 6.61 Å². The van der Waals surface area contributed by atoms with E-state index in [4.69, 9.17) is 4.74 Å². The van der Waals surface area contributed by atoms with Gasteiger partial charge in [-0.1, -0.05) is 26.1 Å². The monoisotopic (exact) mass is 373 g/mol. The Morgan fingerprint density at radius 1 is 1.31 bits per heavy atom.